The molecule has 1 aliphatic rings. The summed E-state index contributed by atoms with van der Waals surface area (Å²) in [6.45, 7) is 6.26. The Morgan fingerprint density at radius 3 is 2.85 bits per heavy atom. The number of nitrogens with zero attached hydrogens (tertiary/aromatic N) is 6. The number of rotatable bonds is 3. The first-order chi connectivity index (χ1) is 13.1. The fourth-order valence-corrected chi connectivity index (χ4v) is 5.14. The lowest BCUT2D eigenvalue weighted by Gasteiger charge is -2.13. The van der Waals surface area contributed by atoms with Crippen LogP contribution in [0.15, 0.2) is 24.7 Å². The highest BCUT2D eigenvalue weighted by Gasteiger charge is 2.23. The van der Waals surface area contributed by atoms with Gasteiger partial charge in [-0.15, -0.1) is 11.3 Å². The third kappa shape index (κ3) is 2.68. The van der Waals surface area contributed by atoms with E-state index in [1.54, 1.807) is 0 Å². The van der Waals surface area contributed by atoms with Crippen molar-refractivity contribution in [3.05, 3.63) is 51.6 Å². The second kappa shape index (κ2) is 6.27. The normalized spacial score (nSPS) is 15.2. The van der Waals surface area contributed by atoms with Crippen LogP contribution in [0.1, 0.15) is 52.8 Å². The Kier molecular flexibility index (Phi) is 3.86. The summed E-state index contributed by atoms with van der Waals surface area (Å²) < 4.78 is 4.08. The number of hydrogen-bond donors (Lipinski definition) is 0. The van der Waals surface area contributed by atoms with E-state index in [-0.39, 0.29) is 6.04 Å². The predicted octanol–water partition coefficient (Wildman–Crippen LogP) is 4.15. The van der Waals surface area contributed by atoms with Crippen LogP contribution in [0.5, 0.6) is 0 Å². The summed E-state index contributed by atoms with van der Waals surface area (Å²) in [5.74, 6) is 0.892. The second-order valence-corrected chi connectivity index (χ2v) is 8.41. The van der Waals surface area contributed by atoms with Gasteiger partial charge >= 0.3 is 0 Å². The molecule has 0 aromatic carbocycles. The topological polar surface area (TPSA) is 60.9 Å². The van der Waals surface area contributed by atoms with Gasteiger partial charge in [-0.3, -0.25) is 0 Å². The molecule has 4 heterocycles. The summed E-state index contributed by atoms with van der Waals surface area (Å²) in [5.41, 5.74) is 5.17. The van der Waals surface area contributed by atoms with Crippen LogP contribution in [0.2, 0.25) is 0 Å². The minimum absolute atomic E-state index is 0.138. The first-order valence-electron chi connectivity index (χ1n) is 9.45. The van der Waals surface area contributed by atoms with E-state index in [4.69, 9.17) is 9.97 Å². The van der Waals surface area contributed by atoms with Gasteiger partial charge in [-0.05, 0) is 52.5 Å². The van der Waals surface area contributed by atoms with Gasteiger partial charge in [-0.1, -0.05) is 0 Å². The quantitative estimate of drug-likeness (QED) is 0.537. The van der Waals surface area contributed by atoms with E-state index in [0.29, 0.717) is 0 Å². The Hall–Kier alpha value is -2.54. The molecule has 7 heteroatoms. The molecule has 0 saturated heterocycles. The fourth-order valence-electron chi connectivity index (χ4n) is 3.93. The fraction of sp³-hybridized carbons (Fsp3) is 0.400. The highest BCUT2D eigenvalue weighted by molar-refractivity contribution is 7.11. The maximum absolute atomic E-state index is 4.95. The molecule has 0 saturated carbocycles. The van der Waals surface area contributed by atoms with Crippen LogP contribution in [-0.4, -0.2) is 29.1 Å². The summed E-state index contributed by atoms with van der Waals surface area (Å²) in [6.07, 6.45) is 10.6. The van der Waals surface area contributed by atoms with Crippen LogP contribution in [0, 0.1) is 13.8 Å². The molecule has 4 aromatic heterocycles. The standard InChI is InChI=1S/C20H22N6S/c1-12-10-13(2)26-19(23-12)15(11-22-26)18-21-8-9-25(18)14(3)20-24-16-6-4-5-7-17(16)27-20/h8-11,14H,4-7H2,1-3H3. The van der Waals surface area contributed by atoms with Crippen molar-refractivity contribution >= 4 is 17.0 Å². The highest BCUT2D eigenvalue weighted by atomic mass is 32.1. The molecule has 5 rings (SSSR count). The Bertz CT molecular complexity index is 1110. The van der Waals surface area contributed by atoms with Gasteiger partial charge in [0.25, 0.3) is 0 Å². The molecule has 0 radical (unpaired) electrons. The molecule has 0 spiro atoms. The zero-order chi connectivity index (χ0) is 18.5. The number of aryl methyl sites for hydroxylation is 4. The molecule has 27 heavy (non-hydrogen) atoms. The van der Waals surface area contributed by atoms with Crippen molar-refractivity contribution in [3.63, 3.8) is 0 Å². The van der Waals surface area contributed by atoms with Crippen molar-refractivity contribution in [2.24, 2.45) is 0 Å². The molecule has 0 N–H and O–H groups in total. The molecule has 0 bridgehead atoms. The van der Waals surface area contributed by atoms with Crippen molar-refractivity contribution in [1.82, 2.24) is 29.1 Å². The lowest BCUT2D eigenvalue weighted by molar-refractivity contribution is 0.631. The molecule has 0 amide bonds. The van der Waals surface area contributed by atoms with Crippen LogP contribution in [-0.2, 0) is 12.8 Å². The summed E-state index contributed by atoms with van der Waals surface area (Å²) >= 11 is 1.86. The largest absolute Gasteiger partial charge is 0.321 e. The maximum Gasteiger partial charge on any atom is 0.166 e. The van der Waals surface area contributed by atoms with Crippen LogP contribution in [0.3, 0.4) is 0 Å². The maximum atomic E-state index is 4.95. The second-order valence-electron chi connectivity index (χ2n) is 7.30. The summed E-state index contributed by atoms with van der Waals surface area (Å²) in [6, 6.07) is 2.18. The molecule has 1 aliphatic carbocycles. The molecular formula is C20H22N6S. The van der Waals surface area contributed by atoms with E-state index in [1.165, 1.54) is 29.8 Å². The van der Waals surface area contributed by atoms with Crippen LogP contribution in [0.4, 0.5) is 0 Å². The summed E-state index contributed by atoms with van der Waals surface area (Å²) in [5, 5.41) is 5.69. The Labute approximate surface area is 161 Å². The lowest BCUT2D eigenvalue weighted by Crippen LogP contribution is -2.08. The average Bonchev–Trinajstić information content (AvgIpc) is 3.37. The Balaban J connectivity index is 1.59. The number of aromatic nitrogens is 6. The molecule has 0 fully saturated rings. The van der Waals surface area contributed by atoms with E-state index < -0.39 is 0 Å². The zero-order valence-corrected chi connectivity index (χ0v) is 16.6. The van der Waals surface area contributed by atoms with Gasteiger partial charge in [0.15, 0.2) is 5.65 Å². The van der Waals surface area contributed by atoms with Gasteiger partial charge in [-0.2, -0.15) is 5.10 Å². The Morgan fingerprint density at radius 2 is 2.00 bits per heavy atom. The monoisotopic (exact) mass is 378 g/mol. The van der Waals surface area contributed by atoms with E-state index in [9.17, 15) is 0 Å². The average molecular weight is 379 g/mol. The molecule has 138 valence electrons. The van der Waals surface area contributed by atoms with Gasteiger partial charge in [-0.25, -0.2) is 19.5 Å². The number of fused-ring (bicyclic) bond motifs is 2. The van der Waals surface area contributed by atoms with Gasteiger partial charge in [0, 0.05) is 28.7 Å². The molecule has 6 nitrogen and oxygen atoms in total. The number of imidazole rings is 1. The SMILES string of the molecule is Cc1cc(C)n2ncc(-c3nccn3C(C)c3nc4c(s3)CCCC4)c2n1. The van der Waals surface area contributed by atoms with Gasteiger partial charge < -0.3 is 4.57 Å². The minimum atomic E-state index is 0.138. The molecular weight excluding hydrogens is 356 g/mol. The van der Waals surface area contributed by atoms with E-state index in [1.807, 2.05) is 54.4 Å². The molecule has 1 atom stereocenters. The van der Waals surface area contributed by atoms with Crippen molar-refractivity contribution in [3.8, 4) is 11.4 Å². The van der Waals surface area contributed by atoms with Crippen molar-refractivity contribution in [2.45, 2.75) is 52.5 Å². The van der Waals surface area contributed by atoms with E-state index in [0.717, 1.165) is 39.9 Å². The van der Waals surface area contributed by atoms with Crippen LogP contribution >= 0.6 is 11.3 Å². The van der Waals surface area contributed by atoms with E-state index in [2.05, 4.69) is 21.6 Å². The van der Waals surface area contributed by atoms with Crippen LogP contribution in [0.25, 0.3) is 17.0 Å². The summed E-state index contributed by atoms with van der Waals surface area (Å²) in [7, 11) is 0. The first-order valence-corrected chi connectivity index (χ1v) is 10.3. The highest BCUT2D eigenvalue weighted by Crippen LogP contribution is 2.33. The van der Waals surface area contributed by atoms with Gasteiger partial charge in [0.2, 0.25) is 0 Å². The third-order valence-corrected chi connectivity index (χ3v) is 6.65. The molecule has 0 aliphatic heterocycles. The van der Waals surface area contributed by atoms with Crippen molar-refractivity contribution in [1.29, 1.82) is 0 Å². The first kappa shape index (κ1) is 16.6. The zero-order valence-electron chi connectivity index (χ0n) is 15.8. The van der Waals surface area contributed by atoms with Gasteiger partial charge in [0.1, 0.15) is 10.8 Å². The summed E-state index contributed by atoms with van der Waals surface area (Å²) in [4.78, 5) is 15.8. The lowest BCUT2D eigenvalue weighted by atomic mass is 10.0. The van der Waals surface area contributed by atoms with Crippen molar-refractivity contribution in [2.75, 3.05) is 0 Å². The smallest absolute Gasteiger partial charge is 0.166 e. The van der Waals surface area contributed by atoms with Crippen molar-refractivity contribution < 1.29 is 0 Å². The predicted molar refractivity (Wildman–Crippen MR) is 106 cm³/mol. The van der Waals surface area contributed by atoms with Gasteiger partial charge in [0.05, 0.1) is 23.5 Å². The number of thiazole rings is 1. The minimum Gasteiger partial charge on any atom is -0.321 e. The molecule has 4 aromatic rings. The van der Waals surface area contributed by atoms with Crippen LogP contribution < -0.4 is 0 Å². The molecule has 1 unspecified atom stereocenters. The van der Waals surface area contributed by atoms with E-state index >= 15 is 0 Å². The third-order valence-electron chi connectivity index (χ3n) is 5.32. The Morgan fingerprint density at radius 1 is 1.15 bits per heavy atom. The number of hydrogen-bond acceptors (Lipinski definition) is 5.